The number of nitrogens with zero attached hydrogens (tertiary/aromatic N) is 1. The largest absolute Gasteiger partial charge is 0.492 e. The minimum absolute atomic E-state index is 0.376. The number of hydrogen-bond acceptors (Lipinski definition) is 3. The van der Waals surface area contributed by atoms with Gasteiger partial charge in [0.15, 0.2) is 0 Å². The predicted molar refractivity (Wildman–Crippen MR) is 72.6 cm³/mol. The van der Waals surface area contributed by atoms with Crippen LogP contribution in [0.1, 0.15) is 17.5 Å². The fourth-order valence-electron chi connectivity index (χ4n) is 1.68. The summed E-state index contributed by atoms with van der Waals surface area (Å²) >= 11 is 0. The standard InChI is InChI=1S/C14H24N2O/c1-11-5-6-14(9-12(11)2)17-10-13(7-8-15)16(3)4/h5-6,9,13H,7-8,10,15H2,1-4H3. The van der Waals surface area contributed by atoms with Crippen LogP contribution in [-0.4, -0.2) is 38.2 Å². The Labute approximate surface area is 105 Å². The maximum atomic E-state index is 5.82. The molecule has 0 aromatic heterocycles. The maximum Gasteiger partial charge on any atom is 0.119 e. The molecule has 2 N–H and O–H groups in total. The number of hydrogen-bond donors (Lipinski definition) is 1. The number of aryl methyl sites for hydroxylation is 2. The van der Waals surface area contributed by atoms with Gasteiger partial charge in [0.2, 0.25) is 0 Å². The molecule has 1 rings (SSSR count). The average molecular weight is 236 g/mol. The monoisotopic (exact) mass is 236 g/mol. The van der Waals surface area contributed by atoms with Crippen molar-refractivity contribution in [1.82, 2.24) is 4.90 Å². The molecule has 17 heavy (non-hydrogen) atoms. The topological polar surface area (TPSA) is 38.5 Å². The van der Waals surface area contributed by atoms with E-state index in [2.05, 4.69) is 45.0 Å². The van der Waals surface area contributed by atoms with E-state index in [1.807, 2.05) is 6.07 Å². The lowest BCUT2D eigenvalue weighted by Gasteiger charge is -2.24. The molecule has 0 amide bonds. The Balaban J connectivity index is 2.56. The maximum absolute atomic E-state index is 5.82. The Morgan fingerprint density at radius 2 is 1.94 bits per heavy atom. The Kier molecular flexibility index (Phi) is 5.45. The summed E-state index contributed by atoms with van der Waals surface area (Å²) in [5.74, 6) is 0.942. The van der Waals surface area contributed by atoms with Crippen LogP contribution in [0.3, 0.4) is 0 Å². The molecule has 0 spiro atoms. The van der Waals surface area contributed by atoms with Crippen LogP contribution < -0.4 is 10.5 Å². The van der Waals surface area contributed by atoms with E-state index in [0.717, 1.165) is 12.2 Å². The van der Waals surface area contributed by atoms with Crippen molar-refractivity contribution in [2.45, 2.75) is 26.3 Å². The van der Waals surface area contributed by atoms with Crippen LogP contribution in [0.4, 0.5) is 0 Å². The van der Waals surface area contributed by atoms with Crippen molar-refractivity contribution >= 4 is 0 Å². The second-order valence-electron chi connectivity index (χ2n) is 4.75. The summed E-state index contributed by atoms with van der Waals surface area (Å²) in [6, 6.07) is 6.59. The summed E-state index contributed by atoms with van der Waals surface area (Å²) in [6.45, 7) is 5.59. The zero-order valence-electron chi connectivity index (χ0n) is 11.4. The molecule has 0 radical (unpaired) electrons. The van der Waals surface area contributed by atoms with Crippen molar-refractivity contribution in [3.05, 3.63) is 29.3 Å². The summed E-state index contributed by atoms with van der Waals surface area (Å²) in [6.07, 6.45) is 0.956. The fourth-order valence-corrected chi connectivity index (χ4v) is 1.68. The molecule has 0 bridgehead atoms. The van der Waals surface area contributed by atoms with Gasteiger partial charge in [0.25, 0.3) is 0 Å². The summed E-state index contributed by atoms with van der Waals surface area (Å²) in [5.41, 5.74) is 8.16. The highest BCUT2D eigenvalue weighted by Gasteiger charge is 2.11. The smallest absolute Gasteiger partial charge is 0.119 e. The van der Waals surface area contributed by atoms with Gasteiger partial charge in [0.05, 0.1) is 0 Å². The van der Waals surface area contributed by atoms with E-state index in [9.17, 15) is 0 Å². The van der Waals surface area contributed by atoms with E-state index in [1.54, 1.807) is 0 Å². The Morgan fingerprint density at radius 3 is 2.47 bits per heavy atom. The molecule has 0 saturated carbocycles. The second kappa shape index (κ2) is 6.62. The first kappa shape index (κ1) is 14.0. The Hall–Kier alpha value is -1.06. The first-order valence-corrected chi connectivity index (χ1v) is 6.11. The molecule has 0 aliphatic rings. The number of likely N-dealkylation sites (N-methyl/N-ethyl adjacent to an activating group) is 1. The van der Waals surface area contributed by atoms with Gasteiger partial charge in [-0.2, -0.15) is 0 Å². The summed E-state index contributed by atoms with van der Waals surface area (Å²) in [5, 5.41) is 0. The van der Waals surface area contributed by atoms with Gasteiger partial charge in [-0.1, -0.05) is 6.07 Å². The van der Waals surface area contributed by atoms with Crippen LogP contribution in [0.15, 0.2) is 18.2 Å². The zero-order chi connectivity index (χ0) is 12.8. The molecule has 96 valence electrons. The fraction of sp³-hybridized carbons (Fsp3) is 0.571. The zero-order valence-corrected chi connectivity index (χ0v) is 11.4. The van der Waals surface area contributed by atoms with Crippen LogP contribution in [-0.2, 0) is 0 Å². The van der Waals surface area contributed by atoms with E-state index < -0.39 is 0 Å². The van der Waals surface area contributed by atoms with Crippen LogP contribution in [0.2, 0.25) is 0 Å². The van der Waals surface area contributed by atoms with E-state index in [4.69, 9.17) is 10.5 Å². The molecular formula is C14H24N2O. The summed E-state index contributed by atoms with van der Waals surface area (Å²) in [4.78, 5) is 2.16. The van der Waals surface area contributed by atoms with E-state index in [1.165, 1.54) is 11.1 Å². The SMILES string of the molecule is Cc1ccc(OCC(CCN)N(C)C)cc1C. The van der Waals surface area contributed by atoms with Crippen LogP contribution in [0.5, 0.6) is 5.75 Å². The molecule has 0 saturated heterocycles. The molecule has 0 aliphatic heterocycles. The van der Waals surface area contributed by atoms with Gasteiger partial charge < -0.3 is 15.4 Å². The normalized spacial score (nSPS) is 12.8. The quantitative estimate of drug-likeness (QED) is 0.820. The lowest BCUT2D eigenvalue weighted by atomic mass is 10.1. The van der Waals surface area contributed by atoms with Crippen molar-refractivity contribution in [1.29, 1.82) is 0 Å². The van der Waals surface area contributed by atoms with Crippen LogP contribution >= 0.6 is 0 Å². The molecular weight excluding hydrogens is 212 g/mol. The van der Waals surface area contributed by atoms with E-state index in [-0.39, 0.29) is 0 Å². The highest BCUT2D eigenvalue weighted by atomic mass is 16.5. The van der Waals surface area contributed by atoms with Gasteiger partial charge in [-0.25, -0.2) is 0 Å². The third-order valence-corrected chi connectivity index (χ3v) is 3.15. The molecule has 1 aromatic carbocycles. The summed E-state index contributed by atoms with van der Waals surface area (Å²) < 4.78 is 5.82. The van der Waals surface area contributed by atoms with Crippen LogP contribution in [0.25, 0.3) is 0 Å². The Bertz CT molecular complexity index is 350. The molecule has 1 unspecified atom stereocenters. The molecule has 1 aromatic rings. The third-order valence-electron chi connectivity index (χ3n) is 3.15. The van der Waals surface area contributed by atoms with Gasteiger partial charge >= 0.3 is 0 Å². The van der Waals surface area contributed by atoms with Crippen molar-refractivity contribution in [3.63, 3.8) is 0 Å². The van der Waals surface area contributed by atoms with Gasteiger partial charge in [-0.3, -0.25) is 0 Å². The number of ether oxygens (including phenoxy) is 1. The first-order valence-electron chi connectivity index (χ1n) is 6.11. The molecule has 3 heteroatoms. The van der Waals surface area contributed by atoms with Crippen molar-refractivity contribution in [2.24, 2.45) is 5.73 Å². The van der Waals surface area contributed by atoms with Gasteiger partial charge in [-0.15, -0.1) is 0 Å². The highest BCUT2D eigenvalue weighted by molar-refractivity contribution is 5.33. The van der Waals surface area contributed by atoms with E-state index in [0.29, 0.717) is 19.2 Å². The molecule has 0 heterocycles. The number of benzene rings is 1. The second-order valence-corrected chi connectivity index (χ2v) is 4.75. The average Bonchev–Trinajstić information content (AvgIpc) is 2.28. The molecule has 3 nitrogen and oxygen atoms in total. The lowest BCUT2D eigenvalue weighted by Crippen LogP contribution is -2.35. The van der Waals surface area contributed by atoms with Gasteiger partial charge in [0.1, 0.15) is 12.4 Å². The highest BCUT2D eigenvalue weighted by Crippen LogP contribution is 2.17. The van der Waals surface area contributed by atoms with Gasteiger partial charge in [-0.05, 0) is 64.2 Å². The predicted octanol–water partition coefficient (Wildman–Crippen LogP) is 1.96. The number of nitrogens with two attached hydrogens (primary N) is 1. The minimum Gasteiger partial charge on any atom is -0.492 e. The molecule has 0 aliphatic carbocycles. The minimum atomic E-state index is 0.376. The lowest BCUT2D eigenvalue weighted by molar-refractivity contribution is 0.179. The van der Waals surface area contributed by atoms with Crippen molar-refractivity contribution in [3.8, 4) is 5.75 Å². The van der Waals surface area contributed by atoms with Crippen LogP contribution in [0, 0.1) is 13.8 Å². The summed E-state index contributed by atoms with van der Waals surface area (Å²) in [7, 11) is 4.12. The first-order chi connectivity index (χ1) is 8.04. The van der Waals surface area contributed by atoms with Crippen molar-refractivity contribution in [2.75, 3.05) is 27.2 Å². The van der Waals surface area contributed by atoms with Crippen molar-refractivity contribution < 1.29 is 4.74 Å². The Morgan fingerprint density at radius 1 is 1.24 bits per heavy atom. The molecule has 1 atom stereocenters. The number of rotatable bonds is 6. The van der Waals surface area contributed by atoms with Gasteiger partial charge in [0, 0.05) is 6.04 Å². The molecule has 0 fully saturated rings. The van der Waals surface area contributed by atoms with E-state index >= 15 is 0 Å². The third kappa shape index (κ3) is 4.36.